The van der Waals surface area contributed by atoms with Gasteiger partial charge in [-0.15, -0.1) is 0 Å². The second kappa shape index (κ2) is 4.74. The lowest BCUT2D eigenvalue weighted by atomic mass is 9.93. The summed E-state index contributed by atoms with van der Waals surface area (Å²) < 4.78 is 0. The fourth-order valence-electron chi connectivity index (χ4n) is 1.08. The molecule has 0 unspecified atom stereocenters. The van der Waals surface area contributed by atoms with E-state index in [0.29, 0.717) is 5.56 Å². The molecule has 0 radical (unpaired) electrons. The maximum absolute atomic E-state index is 11.0. The molecule has 3 nitrogen and oxygen atoms in total. The van der Waals surface area contributed by atoms with Gasteiger partial charge in [0.2, 0.25) is 0 Å². The zero-order chi connectivity index (χ0) is 11.5. The first kappa shape index (κ1) is 12.2. The van der Waals surface area contributed by atoms with Gasteiger partial charge in [-0.2, -0.15) is 12.6 Å². The van der Waals surface area contributed by atoms with Crippen LogP contribution in [0.2, 0.25) is 0 Å². The summed E-state index contributed by atoms with van der Waals surface area (Å²) in [6, 6.07) is 8.85. The van der Waals surface area contributed by atoms with Crippen molar-refractivity contribution in [3.63, 3.8) is 0 Å². The number of carboxylic acids is 1. The van der Waals surface area contributed by atoms with Crippen LogP contribution in [0.1, 0.15) is 5.56 Å². The molecular formula is C10H11NO2S2. The first-order chi connectivity index (χ1) is 7.02. The first-order valence-electron chi connectivity index (χ1n) is 4.25. The van der Waals surface area contributed by atoms with Crippen molar-refractivity contribution in [2.24, 2.45) is 5.73 Å². The number of carbonyl (C=O) groups is 1. The SMILES string of the molecule is N[C@@](CS)(C(=O)O)C(=S)c1ccccc1. The first-order valence-corrected chi connectivity index (χ1v) is 5.29. The predicted molar refractivity (Wildman–Crippen MR) is 66.5 cm³/mol. The van der Waals surface area contributed by atoms with Crippen molar-refractivity contribution < 1.29 is 9.90 Å². The Hall–Kier alpha value is -0.910. The molecule has 0 bridgehead atoms. The quantitative estimate of drug-likeness (QED) is 0.420. The van der Waals surface area contributed by atoms with Gasteiger partial charge in [-0.1, -0.05) is 42.5 Å². The van der Waals surface area contributed by atoms with Crippen LogP contribution < -0.4 is 5.73 Å². The van der Waals surface area contributed by atoms with Crippen molar-refractivity contribution >= 4 is 35.7 Å². The van der Waals surface area contributed by atoms with Crippen LogP contribution in [0.25, 0.3) is 0 Å². The molecular weight excluding hydrogens is 230 g/mol. The summed E-state index contributed by atoms with van der Waals surface area (Å²) in [5.74, 6) is -1.19. The molecule has 15 heavy (non-hydrogen) atoms. The number of aliphatic carboxylic acids is 1. The van der Waals surface area contributed by atoms with Gasteiger partial charge in [-0.3, -0.25) is 0 Å². The van der Waals surface area contributed by atoms with Crippen molar-refractivity contribution in [3.05, 3.63) is 35.9 Å². The van der Waals surface area contributed by atoms with Gasteiger partial charge in [0.05, 0.1) is 4.86 Å². The normalized spacial score (nSPS) is 14.3. The molecule has 1 rings (SSSR count). The lowest BCUT2D eigenvalue weighted by Crippen LogP contribution is -2.56. The van der Waals surface area contributed by atoms with E-state index in [4.69, 9.17) is 23.1 Å². The van der Waals surface area contributed by atoms with Crippen LogP contribution in [0.4, 0.5) is 0 Å². The highest BCUT2D eigenvalue weighted by atomic mass is 32.1. The zero-order valence-corrected chi connectivity index (χ0v) is 9.59. The van der Waals surface area contributed by atoms with E-state index in [1.54, 1.807) is 24.3 Å². The van der Waals surface area contributed by atoms with E-state index in [0.717, 1.165) is 0 Å². The van der Waals surface area contributed by atoms with Crippen molar-refractivity contribution in [2.75, 3.05) is 5.75 Å². The molecule has 1 aromatic carbocycles. The third kappa shape index (κ3) is 2.37. The maximum Gasteiger partial charge on any atom is 0.330 e. The number of carboxylic acid groups (broad SMARTS) is 1. The fourth-order valence-corrected chi connectivity index (χ4v) is 1.78. The molecule has 0 saturated carbocycles. The van der Waals surface area contributed by atoms with Gasteiger partial charge in [-0.25, -0.2) is 4.79 Å². The number of hydrogen-bond donors (Lipinski definition) is 3. The molecule has 0 aromatic heterocycles. The molecule has 0 aliphatic rings. The van der Waals surface area contributed by atoms with Gasteiger partial charge in [0.1, 0.15) is 0 Å². The molecule has 5 heteroatoms. The number of hydrogen-bond acceptors (Lipinski definition) is 4. The minimum absolute atomic E-state index is 0.0317. The molecule has 0 spiro atoms. The van der Waals surface area contributed by atoms with E-state index < -0.39 is 11.5 Å². The minimum Gasteiger partial charge on any atom is -0.480 e. The number of benzene rings is 1. The predicted octanol–water partition coefficient (Wildman–Crippen LogP) is 1.12. The highest BCUT2D eigenvalue weighted by Gasteiger charge is 2.37. The van der Waals surface area contributed by atoms with E-state index in [1.165, 1.54) is 0 Å². The average molecular weight is 241 g/mol. The Kier molecular flexibility index (Phi) is 3.84. The minimum atomic E-state index is -1.58. The number of rotatable bonds is 4. The number of thiol groups is 1. The molecule has 0 heterocycles. The second-order valence-corrected chi connectivity index (χ2v) is 3.85. The standard InChI is InChI=1S/C10H11NO2S2/c11-10(6-14,9(12)13)8(15)7-4-2-1-3-5-7/h1-5,14H,6,11H2,(H,12,13)/t10-/m1/s1. The Bertz CT molecular complexity index is 380. The van der Waals surface area contributed by atoms with E-state index >= 15 is 0 Å². The van der Waals surface area contributed by atoms with Crippen molar-refractivity contribution in [1.29, 1.82) is 0 Å². The van der Waals surface area contributed by atoms with Gasteiger partial charge in [-0.05, 0) is 5.56 Å². The smallest absolute Gasteiger partial charge is 0.330 e. The Balaban J connectivity index is 3.08. The van der Waals surface area contributed by atoms with Crippen LogP contribution in [0.3, 0.4) is 0 Å². The van der Waals surface area contributed by atoms with E-state index in [1.807, 2.05) is 6.07 Å². The van der Waals surface area contributed by atoms with Crippen LogP contribution in [0.5, 0.6) is 0 Å². The summed E-state index contributed by atoms with van der Waals surface area (Å²) in [6.07, 6.45) is 0. The van der Waals surface area contributed by atoms with Gasteiger partial charge in [0.25, 0.3) is 0 Å². The summed E-state index contributed by atoms with van der Waals surface area (Å²) in [5, 5.41) is 9.00. The Morgan fingerprint density at radius 2 is 2.00 bits per heavy atom. The van der Waals surface area contributed by atoms with Gasteiger partial charge in [0, 0.05) is 5.75 Å². The van der Waals surface area contributed by atoms with Gasteiger partial charge < -0.3 is 10.8 Å². The van der Waals surface area contributed by atoms with Crippen molar-refractivity contribution in [3.8, 4) is 0 Å². The lowest BCUT2D eigenvalue weighted by Gasteiger charge is -2.23. The van der Waals surface area contributed by atoms with E-state index in [2.05, 4.69) is 12.6 Å². The topological polar surface area (TPSA) is 63.3 Å². The summed E-state index contributed by atoms with van der Waals surface area (Å²) >= 11 is 9.01. The van der Waals surface area contributed by atoms with Crippen LogP contribution in [0.15, 0.2) is 30.3 Å². The summed E-state index contributed by atoms with van der Waals surface area (Å²) in [5.41, 5.74) is 4.76. The second-order valence-electron chi connectivity index (χ2n) is 3.13. The summed E-state index contributed by atoms with van der Waals surface area (Å²) in [7, 11) is 0. The van der Waals surface area contributed by atoms with Gasteiger partial charge in [0.15, 0.2) is 5.54 Å². The van der Waals surface area contributed by atoms with Crippen LogP contribution in [0, 0.1) is 0 Å². The fraction of sp³-hybridized carbons (Fsp3) is 0.200. The lowest BCUT2D eigenvalue weighted by molar-refractivity contribution is -0.139. The number of nitrogens with two attached hydrogens (primary N) is 1. The molecule has 1 aromatic rings. The Morgan fingerprint density at radius 3 is 2.40 bits per heavy atom. The highest BCUT2D eigenvalue weighted by Crippen LogP contribution is 2.14. The monoisotopic (exact) mass is 241 g/mol. The molecule has 0 amide bonds. The largest absolute Gasteiger partial charge is 0.480 e. The van der Waals surface area contributed by atoms with Crippen LogP contribution >= 0.6 is 24.8 Å². The Morgan fingerprint density at radius 1 is 1.47 bits per heavy atom. The highest BCUT2D eigenvalue weighted by molar-refractivity contribution is 7.82. The van der Waals surface area contributed by atoms with E-state index in [9.17, 15) is 4.79 Å². The average Bonchev–Trinajstić information content (AvgIpc) is 2.28. The molecule has 1 atom stereocenters. The van der Waals surface area contributed by atoms with E-state index in [-0.39, 0.29) is 10.6 Å². The van der Waals surface area contributed by atoms with Gasteiger partial charge >= 0.3 is 5.97 Å². The van der Waals surface area contributed by atoms with Crippen molar-refractivity contribution in [1.82, 2.24) is 0 Å². The number of thiocarbonyl (C=S) groups is 1. The molecule has 0 aliphatic carbocycles. The van der Waals surface area contributed by atoms with Crippen LogP contribution in [-0.2, 0) is 4.79 Å². The molecule has 3 N–H and O–H groups in total. The summed E-state index contributed by atoms with van der Waals surface area (Å²) in [6.45, 7) is 0. The third-order valence-corrected chi connectivity index (χ3v) is 3.17. The maximum atomic E-state index is 11.0. The molecule has 0 saturated heterocycles. The Labute approximate surface area is 98.7 Å². The summed E-state index contributed by atoms with van der Waals surface area (Å²) in [4.78, 5) is 11.2. The van der Waals surface area contributed by atoms with Crippen molar-refractivity contribution in [2.45, 2.75) is 5.54 Å². The molecule has 0 fully saturated rings. The molecule has 0 aliphatic heterocycles. The van der Waals surface area contributed by atoms with Crippen LogP contribution in [-0.4, -0.2) is 27.2 Å². The zero-order valence-electron chi connectivity index (χ0n) is 7.88. The third-order valence-electron chi connectivity index (χ3n) is 2.07. The molecule has 80 valence electrons.